The molecule has 0 atom stereocenters. The summed E-state index contributed by atoms with van der Waals surface area (Å²) < 4.78 is 5.16. The van der Waals surface area contributed by atoms with Crippen molar-refractivity contribution in [3.63, 3.8) is 0 Å². The molecule has 0 heterocycles. The maximum atomic E-state index is 12.6. The van der Waals surface area contributed by atoms with Crippen LogP contribution in [0.2, 0.25) is 0 Å². The second-order valence-electron chi connectivity index (χ2n) is 7.12. The molecule has 1 aliphatic carbocycles. The number of benzene rings is 1. The van der Waals surface area contributed by atoms with Crippen molar-refractivity contribution in [3.8, 4) is 5.75 Å². The van der Waals surface area contributed by atoms with Crippen LogP contribution in [0.25, 0.3) is 0 Å². The summed E-state index contributed by atoms with van der Waals surface area (Å²) in [5, 5.41) is 10.4. The van der Waals surface area contributed by atoms with Crippen molar-refractivity contribution in [2.45, 2.75) is 52.9 Å². The number of ketones is 1. The van der Waals surface area contributed by atoms with Crippen LogP contribution in [0.3, 0.4) is 0 Å². The number of aliphatic hydroxyl groups is 1. The molecule has 1 N–H and O–H groups in total. The average Bonchev–Trinajstić information content (AvgIpc) is 2.52. The molecule has 1 fully saturated rings. The zero-order chi connectivity index (χ0) is 17.7. The predicted molar refractivity (Wildman–Crippen MR) is 97.3 cm³/mol. The number of aliphatic imine (C=N–C) groups is 1. The van der Waals surface area contributed by atoms with Gasteiger partial charge in [-0.15, -0.1) is 0 Å². The number of nitrogens with zero attached hydrogens (tertiary/aromatic N) is 1. The largest absolute Gasteiger partial charge is 0.511 e. The smallest absolute Gasteiger partial charge is 0.168 e. The minimum Gasteiger partial charge on any atom is -0.511 e. The van der Waals surface area contributed by atoms with Gasteiger partial charge in [-0.1, -0.05) is 27.2 Å². The van der Waals surface area contributed by atoms with Gasteiger partial charge in [-0.25, -0.2) is 0 Å². The van der Waals surface area contributed by atoms with Crippen LogP contribution in [0.5, 0.6) is 5.75 Å². The van der Waals surface area contributed by atoms with E-state index in [1.807, 2.05) is 24.3 Å². The normalized spacial score (nSPS) is 21.0. The summed E-state index contributed by atoms with van der Waals surface area (Å²) in [6.45, 7) is 6.19. The molecular formula is C20H27NO3. The zero-order valence-corrected chi connectivity index (χ0v) is 15.1. The highest BCUT2D eigenvalue weighted by molar-refractivity contribution is 6.25. The molecule has 0 aliphatic heterocycles. The van der Waals surface area contributed by atoms with E-state index < -0.39 is 0 Å². The van der Waals surface area contributed by atoms with Crippen LogP contribution >= 0.6 is 0 Å². The number of carbonyl (C=O) groups is 1. The lowest BCUT2D eigenvalue weighted by atomic mass is 9.73. The van der Waals surface area contributed by atoms with Crippen LogP contribution in [0, 0.1) is 5.41 Å². The number of rotatable bonds is 5. The van der Waals surface area contributed by atoms with Crippen molar-refractivity contribution in [2.75, 3.05) is 7.11 Å². The summed E-state index contributed by atoms with van der Waals surface area (Å²) in [7, 11) is 1.62. The van der Waals surface area contributed by atoms with E-state index >= 15 is 0 Å². The summed E-state index contributed by atoms with van der Waals surface area (Å²) in [6.07, 6.45) is 3.49. The molecule has 1 aliphatic rings. The van der Waals surface area contributed by atoms with E-state index in [-0.39, 0.29) is 17.0 Å². The van der Waals surface area contributed by atoms with Gasteiger partial charge in [0.05, 0.1) is 24.1 Å². The molecule has 4 nitrogen and oxygen atoms in total. The van der Waals surface area contributed by atoms with Gasteiger partial charge >= 0.3 is 0 Å². The Hall–Kier alpha value is -2.10. The predicted octanol–water partition coefficient (Wildman–Crippen LogP) is 5.16. The lowest BCUT2D eigenvalue weighted by molar-refractivity contribution is -0.117. The van der Waals surface area contributed by atoms with Gasteiger partial charge in [0.1, 0.15) is 11.5 Å². The van der Waals surface area contributed by atoms with Crippen molar-refractivity contribution in [1.82, 2.24) is 0 Å². The topological polar surface area (TPSA) is 58.9 Å². The molecule has 0 saturated heterocycles. The Labute approximate surface area is 144 Å². The number of ether oxygens (including phenoxy) is 1. The van der Waals surface area contributed by atoms with Crippen LogP contribution in [-0.2, 0) is 4.79 Å². The maximum absolute atomic E-state index is 12.6. The number of methoxy groups -OCH3 is 1. The third kappa shape index (κ3) is 4.47. The van der Waals surface area contributed by atoms with Gasteiger partial charge in [-0.2, -0.15) is 0 Å². The number of aliphatic hydroxyl groups excluding tert-OH is 1. The second kappa shape index (κ2) is 7.65. The summed E-state index contributed by atoms with van der Waals surface area (Å²) in [6, 6.07) is 7.41. The number of allylic oxidation sites excluding steroid dienone is 2. The van der Waals surface area contributed by atoms with E-state index in [0.29, 0.717) is 30.5 Å². The lowest BCUT2D eigenvalue weighted by Gasteiger charge is -2.31. The zero-order valence-electron chi connectivity index (χ0n) is 15.1. The molecule has 1 aromatic rings. The average molecular weight is 329 g/mol. The molecule has 1 saturated carbocycles. The van der Waals surface area contributed by atoms with Crippen LogP contribution in [0.15, 0.2) is 40.6 Å². The SMILES string of the molecule is CCCC/C(O)=C1/C(=O)CC(C)(C)CC1=Nc1ccc(OC)cc1. The second-order valence-corrected chi connectivity index (χ2v) is 7.12. The third-order valence-corrected chi connectivity index (χ3v) is 4.24. The van der Waals surface area contributed by atoms with Gasteiger partial charge in [0, 0.05) is 12.8 Å². The summed E-state index contributed by atoms with van der Waals surface area (Å²) in [5.41, 5.74) is 1.74. The van der Waals surface area contributed by atoms with Crippen LogP contribution in [0.4, 0.5) is 5.69 Å². The molecule has 24 heavy (non-hydrogen) atoms. The van der Waals surface area contributed by atoms with Crippen LogP contribution < -0.4 is 4.74 Å². The highest BCUT2D eigenvalue weighted by Gasteiger charge is 2.36. The van der Waals surface area contributed by atoms with Crippen molar-refractivity contribution >= 4 is 17.2 Å². The molecular weight excluding hydrogens is 302 g/mol. The van der Waals surface area contributed by atoms with Crippen LogP contribution in [-0.4, -0.2) is 23.7 Å². The number of Topliss-reactive ketones (excluding diaryl/α,β-unsaturated/α-hetero) is 1. The number of hydrogen-bond donors (Lipinski definition) is 1. The van der Waals surface area contributed by atoms with Gasteiger partial charge in [0.25, 0.3) is 0 Å². The molecule has 1 aromatic carbocycles. The minimum absolute atomic E-state index is 0.00730. The fourth-order valence-corrected chi connectivity index (χ4v) is 2.99. The fourth-order valence-electron chi connectivity index (χ4n) is 2.99. The molecule has 0 spiro atoms. The molecule has 0 aromatic heterocycles. The first kappa shape index (κ1) is 18.2. The molecule has 2 rings (SSSR count). The van der Waals surface area contributed by atoms with Crippen molar-refractivity contribution in [3.05, 3.63) is 35.6 Å². The summed E-state index contributed by atoms with van der Waals surface area (Å²) in [5.74, 6) is 0.942. The van der Waals surface area contributed by atoms with Gasteiger partial charge in [0.15, 0.2) is 5.78 Å². The number of hydrogen-bond acceptors (Lipinski definition) is 4. The van der Waals surface area contributed by atoms with E-state index in [1.165, 1.54) is 0 Å². The first-order valence-electron chi connectivity index (χ1n) is 8.53. The minimum atomic E-state index is -0.142. The maximum Gasteiger partial charge on any atom is 0.168 e. The fraction of sp³-hybridized carbons (Fsp3) is 0.500. The highest BCUT2D eigenvalue weighted by atomic mass is 16.5. The Balaban J connectivity index is 2.42. The third-order valence-electron chi connectivity index (χ3n) is 4.24. The monoisotopic (exact) mass is 329 g/mol. The first-order chi connectivity index (χ1) is 11.4. The van der Waals surface area contributed by atoms with E-state index in [2.05, 4.69) is 25.8 Å². The summed E-state index contributed by atoms with van der Waals surface area (Å²) >= 11 is 0. The molecule has 0 radical (unpaired) electrons. The molecule has 0 bridgehead atoms. The quantitative estimate of drug-likeness (QED) is 0.599. The molecule has 130 valence electrons. The Morgan fingerprint density at radius 1 is 1.25 bits per heavy atom. The Bertz CT molecular complexity index is 654. The Kier molecular flexibility index (Phi) is 5.81. The number of carbonyl (C=O) groups excluding carboxylic acids is 1. The van der Waals surface area contributed by atoms with Crippen molar-refractivity contribution in [2.24, 2.45) is 10.4 Å². The Morgan fingerprint density at radius 2 is 1.92 bits per heavy atom. The van der Waals surface area contributed by atoms with E-state index in [9.17, 15) is 9.90 Å². The molecule has 0 unspecified atom stereocenters. The van der Waals surface area contributed by atoms with E-state index in [0.717, 1.165) is 24.3 Å². The van der Waals surface area contributed by atoms with Gasteiger partial charge in [0.2, 0.25) is 0 Å². The standard InChI is InChI=1S/C20H27NO3/c1-5-6-7-17(22)19-16(12-20(2,3)13-18(19)23)21-14-8-10-15(24-4)11-9-14/h8-11,22H,5-7,12-13H2,1-4H3/b19-17-,21-16?. The molecule has 4 heteroatoms. The van der Waals surface area contributed by atoms with Gasteiger partial charge in [-0.05, 0) is 42.5 Å². The van der Waals surface area contributed by atoms with Crippen LogP contribution in [0.1, 0.15) is 52.9 Å². The summed E-state index contributed by atoms with van der Waals surface area (Å²) in [4.78, 5) is 17.3. The van der Waals surface area contributed by atoms with Gasteiger partial charge < -0.3 is 9.84 Å². The van der Waals surface area contributed by atoms with Crippen molar-refractivity contribution in [1.29, 1.82) is 0 Å². The Morgan fingerprint density at radius 3 is 2.50 bits per heavy atom. The van der Waals surface area contributed by atoms with E-state index in [1.54, 1.807) is 7.11 Å². The van der Waals surface area contributed by atoms with E-state index in [4.69, 9.17) is 4.74 Å². The molecule has 0 amide bonds. The first-order valence-corrected chi connectivity index (χ1v) is 8.53. The van der Waals surface area contributed by atoms with Crippen molar-refractivity contribution < 1.29 is 14.6 Å². The van der Waals surface area contributed by atoms with Gasteiger partial charge in [-0.3, -0.25) is 9.79 Å². The highest BCUT2D eigenvalue weighted by Crippen LogP contribution is 2.37. The number of unbranched alkanes of at least 4 members (excludes halogenated alkanes) is 1. The lowest BCUT2D eigenvalue weighted by Crippen LogP contribution is -2.32.